The second kappa shape index (κ2) is 3.67. The SMILES string of the molecule is COC(=O)O[C@H]1Cc2nc[nH]c2CN1. The molecule has 0 radical (unpaired) electrons. The predicted molar refractivity (Wildman–Crippen MR) is 46.4 cm³/mol. The normalized spacial score (nSPS) is 19.9. The second-order valence-electron chi connectivity index (χ2n) is 2.97. The third-order valence-electron chi connectivity index (χ3n) is 2.10. The molecule has 0 aliphatic carbocycles. The van der Waals surface area contributed by atoms with Crippen molar-refractivity contribution in [2.24, 2.45) is 0 Å². The van der Waals surface area contributed by atoms with Crippen molar-refractivity contribution < 1.29 is 14.3 Å². The first kappa shape index (κ1) is 9.01. The van der Waals surface area contributed by atoms with Gasteiger partial charge in [-0.3, -0.25) is 5.32 Å². The minimum Gasteiger partial charge on any atom is -0.438 e. The number of methoxy groups -OCH3 is 1. The quantitative estimate of drug-likeness (QED) is 0.627. The number of imidazole rings is 1. The molecule has 1 aromatic rings. The van der Waals surface area contributed by atoms with Crippen LogP contribution in [0.1, 0.15) is 11.4 Å². The van der Waals surface area contributed by atoms with Crippen LogP contribution in [-0.2, 0) is 22.4 Å². The Morgan fingerprint density at radius 1 is 1.71 bits per heavy atom. The van der Waals surface area contributed by atoms with E-state index in [-0.39, 0.29) is 6.23 Å². The minimum atomic E-state index is -0.679. The van der Waals surface area contributed by atoms with E-state index < -0.39 is 6.16 Å². The number of carbonyl (C=O) groups is 1. The van der Waals surface area contributed by atoms with E-state index in [9.17, 15) is 4.79 Å². The van der Waals surface area contributed by atoms with E-state index in [2.05, 4.69) is 20.0 Å². The Hall–Kier alpha value is -1.56. The van der Waals surface area contributed by atoms with Gasteiger partial charge in [-0.05, 0) is 0 Å². The van der Waals surface area contributed by atoms with Crippen LogP contribution in [0.2, 0.25) is 0 Å². The van der Waals surface area contributed by atoms with Crippen molar-refractivity contribution in [3.8, 4) is 0 Å². The number of carbonyl (C=O) groups excluding carboxylic acids is 1. The molecule has 1 aliphatic rings. The van der Waals surface area contributed by atoms with Crippen LogP contribution in [0.4, 0.5) is 4.79 Å². The topological polar surface area (TPSA) is 76.2 Å². The Bertz CT molecular complexity index is 336. The van der Waals surface area contributed by atoms with Crippen molar-refractivity contribution in [1.82, 2.24) is 15.3 Å². The molecule has 2 heterocycles. The average molecular weight is 197 g/mol. The molecule has 1 aromatic heterocycles. The number of aromatic amines is 1. The lowest BCUT2D eigenvalue weighted by atomic mass is 10.1. The van der Waals surface area contributed by atoms with Gasteiger partial charge in [0.05, 0.1) is 24.8 Å². The number of rotatable bonds is 1. The minimum absolute atomic E-state index is 0.349. The Balaban J connectivity index is 1.97. The predicted octanol–water partition coefficient (Wildman–Crippen LogP) is 0.164. The molecule has 0 aromatic carbocycles. The summed E-state index contributed by atoms with van der Waals surface area (Å²) in [6, 6.07) is 0. The lowest BCUT2D eigenvalue weighted by Gasteiger charge is -2.22. The van der Waals surface area contributed by atoms with Gasteiger partial charge in [0.2, 0.25) is 0 Å². The molecular weight excluding hydrogens is 186 g/mol. The standard InChI is InChI=1S/C8H11N3O3/c1-13-8(12)14-7-2-5-6(3-9-7)11-4-10-5/h4,7,9H,2-3H2,1H3,(H,10,11)/t7-/m0/s1. The molecule has 1 aliphatic heterocycles. The monoisotopic (exact) mass is 197 g/mol. The van der Waals surface area contributed by atoms with Gasteiger partial charge in [-0.1, -0.05) is 0 Å². The van der Waals surface area contributed by atoms with Crippen LogP contribution in [0.5, 0.6) is 0 Å². The molecule has 0 saturated heterocycles. The maximum atomic E-state index is 10.8. The van der Waals surface area contributed by atoms with Crippen molar-refractivity contribution in [1.29, 1.82) is 0 Å². The van der Waals surface area contributed by atoms with Crippen molar-refractivity contribution in [2.75, 3.05) is 7.11 Å². The van der Waals surface area contributed by atoms with Gasteiger partial charge in [0.1, 0.15) is 0 Å². The average Bonchev–Trinajstić information content (AvgIpc) is 2.64. The van der Waals surface area contributed by atoms with Crippen molar-refractivity contribution in [3.05, 3.63) is 17.7 Å². The molecular formula is C8H11N3O3. The number of hydrogen-bond donors (Lipinski definition) is 2. The summed E-state index contributed by atoms with van der Waals surface area (Å²) in [7, 11) is 1.28. The number of nitrogens with zero attached hydrogens (tertiary/aromatic N) is 1. The summed E-state index contributed by atoms with van der Waals surface area (Å²) in [6.45, 7) is 0.622. The number of nitrogens with one attached hydrogen (secondary N) is 2. The van der Waals surface area contributed by atoms with Crippen LogP contribution in [-0.4, -0.2) is 29.5 Å². The number of ether oxygens (including phenoxy) is 2. The van der Waals surface area contributed by atoms with Crippen LogP contribution in [0.15, 0.2) is 6.33 Å². The number of fused-ring (bicyclic) bond motifs is 1. The third kappa shape index (κ3) is 1.69. The third-order valence-corrected chi connectivity index (χ3v) is 2.10. The zero-order valence-corrected chi connectivity index (χ0v) is 7.74. The van der Waals surface area contributed by atoms with Gasteiger partial charge >= 0.3 is 6.16 Å². The van der Waals surface area contributed by atoms with Gasteiger partial charge in [-0.25, -0.2) is 9.78 Å². The van der Waals surface area contributed by atoms with Crippen LogP contribution < -0.4 is 5.32 Å². The molecule has 0 bridgehead atoms. The lowest BCUT2D eigenvalue weighted by Crippen LogP contribution is -2.39. The van der Waals surface area contributed by atoms with Crippen molar-refractivity contribution in [2.45, 2.75) is 19.2 Å². The van der Waals surface area contributed by atoms with Crippen LogP contribution in [0, 0.1) is 0 Å². The van der Waals surface area contributed by atoms with Gasteiger partial charge in [0, 0.05) is 13.0 Å². The van der Waals surface area contributed by atoms with E-state index in [1.165, 1.54) is 7.11 Å². The fourth-order valence-corrected chi connectivity index (χ4v) is 1.39. The molecule has 2 N–H and O–H groups in total. The molecule has 0 saturated carbocycles. The number of aromatic nitrogens is 2. The fraction of sp³-hybridized carbons (Fsp3) is 0.500. The van der Waals surface area contributed by atoms with Crippen LogP contribution >= 0.6 is 0 Å². The van der Waals surface area contributed by atoms with Crippen molar-refractivity contribution >= 4 is 6.16 Å². The molecule has 14 heavy (non-hydrogen) atoms. The molecule has 6 nitrogen and oxygen atoms in total. The Morgan fingerprint density at radius 2 is 2.57 bits per heavy atom. The lowest BCUT2D eigenvalue weighted by molar-refractivity contribution is 0.0199. The summed E-state index contributed by atoms with van der Waals surface area (Å²) in [6.07, 6.45) is 1.17. The van der Waals surface area contributed by atoms with E-state index >= 15 is 0 Å². The zero-order valence-electron chi connectivity index (χ0n) is 7.74. The zero-order chi connectivity index (χ0) is 9.97. The summed E-state index contributed by atoms with van der Waals surface area (Å²) in [5, 5.41) is 3.03. The molecule has 0 spiro atoms. The second-order valence-corrected chi connectivity index (χ2v) is 2.97. The molecule has 0 fully saturated rings. The largest absolute Gasteiger partial charge is 0.509 e. The van der Waals surface area contributed by atoms with Gasteiger partial charge in [0.15, 0.2) is 6.23 Å². The molecule has 1 atom stereocenters. The molecule has 0 amide bonds. The summed E-state index contributed by atoms with van der Waals surface area (Å²) in [4.78, 5) is 17.9. The first-order valence-corrected chi connectivity index (χ1v) is 4.28. The highest BCUT2D eigenvalue weighted by atomic mass is 16.7. The van der Waals surface area contributed by atoms with Gasteiger partial charge in [-0.15, -0.1) is 0 Å². The van der Waals surface area contributed by atoms with Crippen LogP contribution in [0.25, 0.3) is 0 Å². The van der Waals surface area contributed by atoms with E-state index in [1.54, 1.807) is 6.33 Å². The summed E-state index contributed by atoms with van der Waals surface area (Å²) in [5.74, 6) is 0. The Morgan fingerprint density at radius 3 is 3.36 bits per heavy atom. The summed E-state index contributed by atoms with van der Waals surface area (Å²) < 4.78 is 9.33. The van der Waals surface area contributed by atoms with Gasteiger partial charge < -0.3 is 14.5 Å². The highest BCUT2D eigenvalue weighted by molar-refractivity contribution is 5.59. The van der Waals surface area contributed by atoms with Crippen molar-refractivity contribution in [3.63, 3.8) is 0 Å². The smallest absolute Gasteiger partial charge is 0.438 e. The van der Waals surface area contributed by atoms with E-state index in [0.29, 0.717) is 13.0 Å². The van der Waals surface area contributed by atoms with E-state index in [0.717, 1.165) is 11.4 Å². The van der Waals surface area contributed by atoms with E-state index in [4.69, 9.17) is 4.74 Å². The fourth-order valence-electron chi connectivity index (χ4n) is 1.39. The number of hydrogen-bond acceptors (Lipinski definition) is 5. The van der Waals surface area contributed by atoms with Gasteiger partial charge in [-0.2, -0.15) is 0 Å². The highest BCUT2D eigenvalue weighted by Crippen LogP contribution is 2.12. The molecule has 76 valence electrons. The Labute approximate surface area is 80.6 Å². The summed E-state index contributed by atoms with van der Waals surface area (Å²) in [5.41, 5.74) is 1.97. The van der Waals surface area contributed by atoms with Gasteiger partial charge in [0.25, 0.3) is 0 Å². The van der Waals surface area contributed by atoms with E-state index in [1.807, 2.05) is 0 Å². The first-order chi connectivity index (χ1) is 6.79. The number of H-pyrrole nitrogens is 1. The molecule has 0 unspecified atom stereocenters. The Kier molecular flexibility index (Phi) is 2.36. The summed E-state index contributed by atoms with van der Waals surface area (Å²) >= 11 is 0. The maximum absolute atomic E-state index is 10.8. The maximum Gasteiger partial charge on any atom is 0.509 e. The van der Waals surface area contributed by atoms with Crippen LogP contribution in [0.3, 0.4) is 0 Å². The highest BCUT2D eigenvalue weighted by Gasteiger charge is 2.22. The molecule has 6 heteroatoms. The first-order valence-electron chi connectivity index (χ1n) is 4.28. The molecule has 2 rings (SSSR count).